The molecule has 34 heavy (non-hydrogen) atoms. The molecule has 0 saturated heterocycles. The van der Waals surface area contributed by atoms with Crippen LogP contribution in [0.2, 0.25) is 0 Å². The number of hydrogen-bond acceptors (Lipinski definition) is 5. The van der Waals surface area contributed by atoms with E-state index in [0.717, 1.165) is 10.7 Å². The maximum Gasteiger partial charge on any atom is 0.435 e. The lowest BCUT2D eigenvalue weighted by atomic mass is 10.1. The number of nitrogens with zero attached hydrogens (tertiary/aromatic N) is 4. The number of carbonyl (C=O) groups excluding carboxylic acids is 2. The number of hydrogen-bond donors (Lipinski definition) is 2. The van der Waals surface area contributed by atoms with Crippen molar-refractivity contribution >= 4 is 23.2 Å². The molecule has 1 aromatic heterocycles. The summed E-state index contributed by atoms with van der Waals surface area (Å²) in [4.78, 5) is 24.4. The van der Waals surface area contributed by atoms with E-state index in [1.54, 1.807) is 24.3 Å². The molecule has 1 aliphatic rings. The highest BCUT2D eigenvalue weighted by atomic mass is 19.4. The third kappa shape index (κ3) is 4.90. The van der Waals surface area contributed by atoms with Crippen LogP contribution in [0.3, 0.4) is 0 Å². The number of primary amides is 1. The maximum absolute atomic E-state index is 13.2. The number of nitrogens with one attached hydrogen (secondary N) is 1. The summed E-state index contributed by atoms with van der Waals surface area (Å²) in [5, 5.41) is 11.7. The van der Waals surface area contributed by atoms with Crippen molar-refractivity contribution in [3.05, 3.63) is 77.9 Å². The van der Waals surface area contributed by atoms with Crippen LogP contribution in [0.5, 0.6) is 0 Å². The van der Waals surface area contributed by atoms with E-state index in [4.69, 9.17) is 5.73 Å². The summed E-state index contributed by atoms with van der Waals surface area (Å²) in [7, 11) is 0. The first-order chi connectivity index (χ1) is 16.1. The number of hydrazone groups is 1. The Balaban J connectivity index is 1.41. The summed E-state index contributed by atoms with van der Waals surface area (Å²) in [6, 6.07) is 11.7. The number of amides is 2. The third-order valence-corrected chi connectivity index (χ3v) is 5.13. The Labute approximate surface area is 190 Å². The van der Waals surface area contributed by atoms with Crippen molar-refractivity contribution in [2.24, 2.45) is 10.8 Å². The van der Waals surface area contributed by atoms with Gasteiger partial charge in [0.1, 0.15) is 17.6 Å². The lowest BCUT2D eigenvalue weighted by Crippen LogP contribution is -2.39. The zero-order valence-corrected chi connectivity index (χ0v) is 17.5. The number of aromatic nitrogens is 2. The fourth-order valence-corrected chi connectivity index (χ4v) is 3.37. The molecule has 0 spiro atoms. The molecule has 2 heterocycles. The molecular formula is C22H18F4N6O2. The van der Waals surface area contributed by atoms with Crippen molar-refractivity contribution in [2.45, 2.75) is 25.2 Å². The molecule has 2 amide bonds. The van der Waals surface area contributed by atoms with Crippen LogP contribution < -0.4 is 16.1 Å². The fraction of sp³-hybridized carbons (Fsp3) is 0.182. The second kappa shape index (κ2) is 8.96. The van der Waals surface area contributed by atoms with Crippen molar-refractivity contribution in [2.75, 3.05) is 5.01 Å². The summed E-state index contributed by atoms with van der Waals surface area (Å²) in [5.41, 5.74) is 6.05. The second-order valence-corrected chi connectivity index (χ2v) is 7.48. The van der Waals surface area contributed by atoms with E-state index in [2.05, 4.69) is 15.5 Å². The first-order valence-corrected chi connectivity index (χ1v) is 10.0. The van der Waals surface area contributed by atoms with Crippen molar-refractivity contribution in [3.63, 3.8) is 0 Å². The molecule has 1 atom stereocenters. The van der Waals surface area contributed by atoms with E-state index in [0.29, 0.717) is 16.9 Å². The Morgan fingerprint density at radius 1 is 1.03 bits per heavy atom. The molecule has 1 aliphatic heterocycles. The highest BCUT2D eigenvalue weighted by Crippen LogP contribution is 2.28. The predicted octanol–water partition coefficient (Wildman–Crippen LogP) is 2.77. The smallest absolute Gasteiger partial charge is 0.368 e. The molecule has 176 valence electrons. The van der Waals surface area contributed by atoms with Gasteiger partial charge in [0.2, 0.25) is 5.91 Å². The lowest BCUT2D eigenvalue weighted by molar-refractivity contribution is -0.141. The zero-order chi connectivity index (χ0) is 24.5. The van der Waals surface area contributed by atoms with E-state index in [1.165, 1.54) is 35.5 Å². The van der Waals surface area contributed by atoms with E-state index in [-0.39, 0.29) is 18.7 Å². The van der Waals surface area contributed by atoms with Crippen molar-refractivity contribution < 1.29 is 27.2 Å². The second-order valence-electron chi connectivity index (χ2n) is 7.48. The number of anilines is 1. The van der Waals surface area contributed by atoms with E-state index in [9.17, 15) is 27.2 Å². The van der Waals surface area contributed by atoms with Gasteiger partial charge in [-0.15, -0.1) is 0 Å². The van der Waals surface area contributed by atoms with Crippen LogP contribution in [0, 0.1) is 5.82 Å². The van der Waals surface area contributed by atoms with Gasteiger partial charge in [-0.1, -0.05) is 12.1 Å². The molecule has 4 rings (SSSR count). The van der Waals surface area contributed by atoms with Crippen LogP contribution in [0.4, 0.5) is 23.2 Å². The molecular weight excluding hydrogens is 456 g/mol. The predicted molar refractivity (Wildman–Crippen MR) is 114 cm³/mol. The van der Waals surface area contributed by atoms with E-state index >= 15 is 0 Å². The van der Waals surface area contributed by atoms with Gasteiger partial charge in [-0.25, -0.2) is 9.07 Å². The van der Waals surface area contributed by atoms with Gasteiger partial charge in [-0.2, -0.15) is 23.4 Å². The molecule has 0 radical (unpaired) electrons. The highest BCUT2D eigenvalue weighted by molar-refractivity contribution is 6.40. The number of carbonyl (C=O) groups is 2. The summed E-state index contributed by atoms with van der Waals surface area (Å²) in [6.07, 6.45) is -3.34. The molecule has 3 aromatic rings. The Morgan fingerprint density at radius 3 is 2.26 bits per heavy atom. The van der Waals surface area contributed by atoms with Gasteiger partial charge in [-0.3, -0.25) is 14.6 Å². The molecule has 8 nitrogen and oxygen atoms in total. The van der Waals surface area contributed by atoms with Crippen LogP contribution in [0.15, 0.2) is 65.9 Å². The molecule has 1 unspecified atom stereocenters. The third-order valence-electron chi connectivity index (χ3n) is 5.13. The van der Waals surface area contributed by atoms with Gasteiger partial charge in [0, 0.05) is 19.2 Å². The van der Waals surface area contributed by atoms with E-state index in [1.807, 2.05) is 0 Å². The molecule has 0 aliphatic carbocycles. The number of rotatable bonds is 6. The van der Waals surface area contributed by atoms with Crippen molar-refractivity contribution in [3.8, 4) is 5.69 Å². The van der Waals surface area contributed by atoms with Gasteiger partial charge in [0.05, 0.1) is 11.4 Å². The quantitative estimate of drug-likeness (QED) is 0.536. The van der Waals surface area contributed by atoms with Gasteiger partial charge < -0.3 is 11.1 Å². The molecule has 0 fully saturated rings. The monoisotopic (exact) mass is 474 g/mol. The topological polar surface area (TPSA) is 106 Å². The number of alkyl halides is 3. The van der Waals surface area contributed by atoms with Crippen LogP contribution in [-0.2, 0) is 22.3 Å². The van der Waals surface area contributed by atoms with Crippen LogP contribution in [0.25, 0.3) is 5.69 Å². The van der Waals surface area contributed by atoms with Gasteiger partial charge >= 0.3 is 6.18 Å². The van der Waals surface area contributed by atoms with Crippen LogP contribution in [0.1, 0.15) is 17.7 Å². The molecule has 2 aromatic carbocycles. The molecule has 12 heteroatoms. The molecule has 0 saturated carbocycles. The Hall–Kier alpha value is -4.22. The largest absolute Gasteiger partial charge is 0.435 e. The van der Waals surface area contributed by atoms with Crippen molar-refractivity contribution in [1.29, 1.82) is 0 Å². The Kier molecular flexibility index (Phi) is 6.05. The van der Waals surface area contributed by atoms with Crippen LogP contribution >= 0.6 is 0 Å². The van der Waals surface area contributed by atoms with Gasteiger partial charge in [-0.05, 0) is 48.0 Å². The number of nitrogens with two attached hydrogens (primary N) is 1. The minimum Gasteiger partial charge on any atom is -0.368 e. The van der Waals surface area contributed by atoms with E-state index < -0.39 is 35.5 Å². The lowest BCUT2D eigenvalue weighted by Gasteiger charge is -2.20. The SMILES string of the molecule is NC(=O)C1CC(C(=O)NCc2ccc(-n3ccc(C(F)(F)F)n3)cc2)=NN1c1ccc(F)cc1. The summed E-state index contributed by atoms with van der Waals surface area (Å²) < 4.78 is 52.5. The standard InChI is InChI=1S/C22H18F4N6O2/c23-14-3-7-16(8-4-14)32-18(20(27)33)11-17(29-32)21(34)28-12-13-1-5-15(6-2-13)31-10-9-19(30-31)22(24,25)26/h1-10,18H,11-12H2,(H2,27,33)(H,28,34). The summed E-state index contributed by atoms with van der Waals surface area (Å²) in [6.45, 7) is 0.114. The van der Waals surface area contributed by atoms with Gasteiger partial charge in [0.15, 0.2) is 5.69 Å². The molecule has 3 N–H and O–H groups in total. The fourth-order valence-electron chi connectivity index (χ4n) is 3.37. The Bertz CT molecular complexity index is 1240. The van der Waals surface area contributed by atoms with Crippen LogP contribution in [-0.4, -0.2) is 33.3 Å². The molecule has 0 bridgehead atoms. The number of benzene rings is 2. The minimum atomic E-state index is -4.53. The average molecular weight is 474 g/mol. The first-order valence-electron chi connectivity index (χ1n) is 10.0. The Morgan fingerprint density at radius 2 is 1.68 bits per heavy atom. The van der Waals surface area contributed by atoms with Gasteiger partial charge in [0.25, 0.3) is 5.91 Å². The normalized spacial score (nSPS) is 15.8. The minimum absolute atomic E-state index is 0.0156. The summed E-state index contributed by atoms with van der Waals surface area (Å²) in [5.74, 6) is -1.65. The number of halogens is 4. The highest BCUT2D eigenvalue weighted by Gasteiger charge is 2.35. The maximum atomic E-state index is 13.2. The average Bonchev–Trinajstić information content (AvgIpc) is 3.46. The van der Waals surface area contributed by atoms with Crippen molar-refractivity contribution in [1.82, 2.24) is 15.1 Å². The zero-order valence-electron chi connectivity index (χ0n) is 17.5. The first kappa shape index (κ1) is 23.0. The summed E-state index contributed by atoms with van der Waals surface area (Å²) >= 11 is 0.